The van der Waals surface area contributed by atoms with Crippen molar-refractivity contribution in [2.45, 2.75) is 39.5 Å². The molecule has 2 N–H and O–H groups in total. The second-order valence-electron chi connectivity index (χ2n) is 7.58. The molecule has 1 unspecified atom stereocenters. The summed E-state index contributed by atoms with van der Waals surface area (Å²) in [5.74, 6) is -0.356. The first-order chi connectivity index (χ1) is 15.0. The molecule has 0 amide bonds. The lowest BCUT2D eigenvalue weighted by Crippen LogP contribution is -2.16. The fraction of sp³-hybridized carbons (Fsp3) is 0.320. The third-order valence-corrected chi connectivity index (χ3v) is 5.44. The van der Waals surface area contributed by atoms with Gasteiger partial charge >= 0.3 is 11.6 Å². The molecular formula is C25H27NO5. The van der Waals surface area contributed by atoms with E-state index in [1.54, 1.807) is 48.5 Å². The summed E-state index contributed by atoms with van der Waals surface area (Å²) in [6, 6.07) is 12.8. The van der Waals surface area contributed by atoms with E-state index < -0.39 is 11.6 Å². The van der Waals surface area contributed by atoms with Gasteiger partial charge in [-0.3, -0.25) is 5.41 Å². The summed E-state index contributed by atoms with van der Waals surface area (Å²) in [4.78, 5) is 24.7. The summed E-state index contributed by atoms with van der Waals surface area (Å²) in [5, 5.41) is 19.3. The Hall–Kier alpha value is -3.41. The molecule has 0 spiro atoms. The van der Waals surface area contributed by atoms with E-state index >= 15 is 0 Å². The third-order valence-electron chi connectivity index (χ3n) is 5.44. The zero-order valence-electron chi connectivity index (χ0n) is 17.8. The molecule has 1 aromatic heterocycles. The molecule has 3 aromatic rings. The van der Waals surface area contributed by atoms with Crippen molar-refractivity contribution in [3.8, 4) is 5.75 Å². The Morgan fingerprint density at radius 2 is 1.77 bits per heavy atom. The van der Waals surface area contributed by atoms with Crippen molar-refractivity contribution >= 4 is 22.7 Å². The molecule has 0 saturated heterocycles. The van der Waals surface area contributed by atoms with Crippen LogP contribution in [-0.4, -0.2) is 23.4 Å². The lowest BCUT2D eigenvalue weighted by molar-refractivity contribution is 0.0428. The molecule has 1 atom stereocenters. The number of fused-ring (bicyclic) bond motifs is 1. The highest BCUT2D eigenvalue weighted by Gasteiger charge is 2.20. The third kappa shape index (κ3) is 5.02. The number of hydrogen-bond donors (Lipinski definition) is 2. The van der Waals surface area contributed by atoms with Crippen LogP contribution in [0.4, 0.5) is 0 Å². The molecule has 31 heavy (non-hydrogen) atoms. The molecule has 162 valence electrons. The number of esters is 1. The predicted octanol–water partition coefficient (Wildman–Crippen LogP) is 5.29. The lowest BCUT2D eigenvalue weighted by Gasteiger charge is -2.14. The smallest absolute Gasteiger partial charge is 0.349 e. The van der Waals surface area contributed by atoms with Gasteiger partial charge in [-0.05, 0) is 36.6 Å². The molecule has 1 heterocycles. The van der Waals surface area contributed by atoms with Gasteiger partial charge in [0, 0.05) is 5.56 Å². The largest absolute Gasteiger partial charge is 0.506 e. The van der Waals surface area contributed by atoms with E-state index in [1.165, 1.54) is 0 Å². The number of para-hydroxylation sites is 1. The maximum Gasteiger partial charge on any atom is 0.349 e. The molecule has 0 saturated carbocycles. The Balaban J connectivity index is 1.76. The van der Waals surface area contributed by atoms with E-state index in [9.17, 15) is 14.7 Å². The molecule has 3 rings (SSSR count). The van der Waals surface area contributed by atoms with Crippen molar-refractivity contribution < 1.29 is 19.1 Å². The van der Waals surface area contributed by atoms with Crippen molar-refractivity contribution in [2.75, 3.05) is 6.61 Å². The minimum Gasteiger partial charge on any atom is -0.506 e. The maximum absolute atomic E-state index is 12.4. The van der Waals surface area contributed by atoms with Crippen LogP contribution in [-0.2, 0) is 4.74 Å². The molecular weight excluding hydrogens is 394 g/mol. The van der Waals surface area contributed by atoms with Gasteiger partial charge in [-0.1, -0.05) is 57.4 Å². The summed E-state index contributed by atoms with van der Waals surface area (Å²) in [5.41, 5.74) is -0.176. The number of hydrogen-bond acceptors (Lipinski definition) is 6. The van der Waals surface area contributed by atoms with Crippen LogP contribution in [0.2, 0.25) is 0 Å². The van der Waals surface area contributed by atoms with Gasteiger partial charge in [0.1, 0.15) is 16.9 Å². The van der Waals surface area contributed by atoms with Gasteiger partial charge in [0.15, 0.2) is 0 Å². The molecule has 2 aromatic carbocycles. The normalized spacial score (nSPS) is 11.9. The molecule has 0 aliphatic rings. The highest BCUT2D eigenvalue weighted by Crippen LogP contribution is 2.27. The van der Waals surface area contributed by atoms with Gasteiger partial charge in [0.2, 0.25) is 0 Å². The highest BCUT2D eigenvalue weighted by atomic mass is 16.5. The second-order valence-corrected chi connectivity index (χ2v) is 7.58. The van der Waals surface area contributed by atoms with Gasteiger partial charge in [-0.15, -0.1) is 0 Å². The quantitative estimate of drug-likeness (QED) is 0.278. The Morgan fingerprint density at radius 3 is 2.45 bits per heavy atom. The Morgan fingerprint density at radius 1 is 1.10 bits per heavy atom. The SMILES string of the molecule is CCCCC(CC)COC(=O)c1ccc(C(=N)c2c(O)c3ccccc3oc2=O)cc1. The summed E-state index contributed by atoms with van der Waals surface area (Å²) in [6.45, 7) is 4.62. The first kappa shape index (κ1) is 22.3. The molecule has 0 radical (unpaired) electrons. The van der Waals surface area contributed by atoms with E-state index in [1.807, 2.05) is 0 Å². The van der Waals surface area contributed by atoms with Crippen molar-refractivity contribution in [3.05, 3.63) is 75.6 Å². The fourth-order valence-electron chi connectivity index (χ4n) is 3.45. The molecule has 0 aliphatic heterocycles. The standard InChI is InChI=1S/C25H27NO5/c1-3-5-8-16(4-2)15-30-24(28)18-13-11-17(12-14-18)22(26)21-23(27)19-9-6-7-10-20(19)31-25(21)29/h6-7,9-14,16,26-27H,3-5,8,15H2,1-2H3. The van der Waals surface area contributed by atoms with Crippen molar-refractivity contribution in [2.24, 2.45) is 5.92 Å². The first-order valence-electron chi connectivity index (χ1n) is 10.6. The number of unbranched alkanes of at least 4 members (excludes halogenated alkanes) is 1. The number of carbonyl (C=O) groups is 1. The number of carbonyl (C=O) groups excluding carboxylic acids is 1. The van der Waals surface area contributed by atoms with Gasteiger partial charge < -0.3 is 14.3 Å². The Bertz CT molecular complexity index is 1130. The van der Waals surface area contributed by atoms with Gasteiger partial charge in [-0.2, -0.15) is 0 Å². The maximum atomic E-state index is 12.4. The Labute approximate surface area is 181 Å². The van der Waals surface area contributed by atoms with Gasteiger partial charge in [0.25, 0.3) is 0 Å². The number of ether oxygens (including phenoxy) is 1. The summed E-state index contributed by atoms with van der Waals surface area (Å²) >= 11 is 0. The summed E-state index contributed by atoms with van der Waals surface area (Å²) in [6.07, 6.45) is 4.22. The van der Waals surface area contributed by atoms with E-state index in [-0.39, 0.29) is 22.6 Å². The van der Waals surface area contributed by atoms with Crippen molar-refractivity contribution in [3.63, 3.8) is 0 Å². The zero-order valence-corrected chi connectivity index (χ0v) is 17.8. The van der Waals surface area contributed by atoms with Gasteiger partial charge in [0.05, 0.1) is 23.3 Å². The van der Waals surface area contributed by atoms with E-state index in [4.69, 9.17) is 14.6 Å². The average Bonchev–Trinajstić information content (AvgIpc) is 2.79. The number of rotatable bonds is 9. The fourth-order valence-corrected chi connectivity index (χ4v) is 3.45. The van der Waals surface area contributed by atoms with Crippen LogP contribution in [0.5, 0.6) is 5.75 Å². The van der Waals surface area contributed by atoms with Crippen LogP contribution in [0, 0.1) is 11.3 Å². The zero-order chi connectivity index (χ0) is 22.4. The monoisotopic (exact) mass is 421 g/mol. The number of aromatic hydroxyl groups is 1. The second kappa shape index (κ2) is 10.1. The number of nitrogens with one attached hydrogen (secondary N) is 1. The summed E-state index contributed by atoms with van der Waals surface area (Å²) < 4.78 is 10.7. The van der Waals surface area contributed by atoms with Crippen LogP contribution in [0.25, 0.3) is 11.0 Å². The van der Waals surface area contributed by atoms with E-state index in [2.05, 4.69) is 13.8 Å². The van der Waals surface area contributed by atoms with Crippen LogP contribution in [0.15, 0.2) is 57.7 Å². The van der Waals surface area contributed by atoms with Crippen LogP contribution in [0.1, 0.15) is 61.0 Å². The molecule has 0 fully saturated rings. The topological polar surface area (TPSA) is 101 Å². The van der Waals surface area contributed by atoms with E-state index in [0.29, 0.717) is 29.0 Å². The molecule has 6 heteroatoms. The van der Waals surface area contributed by atoms with E-state index in [0.717, 1.165) is 25.7 Å². The molecule has 0 bridgehead atoms. The minimum absolute atomic E-state index is 0.178. The van der Waals surface area contributed by atoms with Crippen LogP contribution in [0.3, 0.4) is 0 Å². The van der Waals surface area contributed by atoms with Crippen LogP contribution < -0.4 is 5.63 Å². The average molecular weight is 421 g/mol. The van der Waals surface area contributed by atoms with Crippen molar-refractivity contribution in [1.29, 1.82) is 5.41 Å². The molecule has 6 nitrogen and oxygen atoms in total. The summed E-state index contributed by atoms with van der Waals surface area (Å²) in [7, 11) is 0. The lowest BCUT2D eigenvalue weighted by atomic mass is 10.00. The van der Waals surface area contributed by atoms with Gasteiger partial charge in [-0.25, -0.2) is 9.59 Å². The van der Waals surface area contributed by atoms with Crippen molar-refractivity contribution in [1.82, 2.24) is 0 Å². The number of benzene rings is 2. The first-order valence-corrected chi connectivity index (χ1v) is 10.6. The molecule has 0 aliphatic carbocycles. The minimum atomic E-state index is -0.789. The van der Waals surface area contributed by atoms with Crippen LogP contribution >= 0.6 is 0 Å². The predicted molar refractivity (Wildman–Crippen MR) is 120 cm³/mol. The Kier molecular flexibility index (Phi) is 7.23. The highest BCUT2D eigenvalue weighted by molar-refractivity contribution is 6.14.